The minimum Gasteiger partial charge on any atom is -0.335 e. The zero-order chi connectivity index (χ0) is 34.5. The fraction of sp³-hybridized carbons (Fsp3) is 0.500. The van der Waals surface area contributed by atoms with Crippen LogP contribution in [0.25, 0.3) is 11.3 Å². The van der Waals surface area contributed by atoms with Crippen LogP contribution in [0.2, 0.25) is 5.02 Å². The monoisotopic (exact) mass is 697 g/mol. The lowest BCUT2D eigenvalue weighted by Crippen LogP contribution is -2.57. The number of benzene rings is 1. The summed E-state index contributed by atoms with van der Waals surface area (Å²) >= 11 is 6.43. The number of amides is 4. The number of nitrogens with two attached hydrogens (primary N) is 1. The minimum atomic E-state index is -4.85. The first-order chi connectivity index (χ1) is 22.6. The summed E-state index contributed by atoms with van der Waals surface area (Å²) in [5, 5.41) is 9.21. The van der Waals surface area contributed by atoms with Crippen molar-refractivity contribution in [3.63, 3.8) is 0 Å². The molecule has 3 fully saturated rings. The average molecular weight is 698 g/mol. The molecule has 1 saturated heterocycles. The maximum atomic E-state index is 13.9. The minimum absolute atomic E-state index is 0.0542. The zero-order valence-corrected chi connectivity index (χ0v) is 26.5. The molecular formula is C30H33ClF5N9O3. The second kappa shape index (κ2) is 12.7. The number of hydrogen-bond donors (Lipinski definition) is 3. The lowest BCUT2D eigenvalue weighted by molar-refractivity contribution is -0.141. The highest BCUT2D eigenvalue weighted by molar-refractivity contribution is 6.34. The summed E-state index contributed by atoms with van der Waals surface area (Å²) in [4.78, 5) is 46.1. The third kappa shape index (κ3) is 6.97. The van der Waals surface area contributed by atoms with E-state index in [-0.39, 0.29) is 63.9 Å². The third-order valence-electron chi connectivity index (χ3n) is 8.93. The molecule has 3 heterocycles. The molecule has 4 amide bonds. The smallest absolute Gasteiger partial charge is 0.335 e. The molecule has 48 heavy (non-hydrogen) atoms. The first-order valence-corrected chi connectivity index (χ1v) is 15.7. The molecule has 1 aromatic carbocycles. The molecular weight excluding hydrogens is 665 g/mol. The first-order valence-electron chi connectivity index (χ1n) is 15.3. The molecule has 0 atom stereocenters. The van der Waals surface area contributed by atoms with E-state index in [4.69, 9.17) is 17.3 Å². The van der Waals surface area contributed by atoms with Gasteiger partial charge in [-0.2, -0.15) is 18.3 Å². The van der Waals surface area contributed by atoms with Gasteiger partial charge in [0.25, 0.3) is 11.8 Å². The number of aromatic nitrogens is 4. The van der Waals surface area contributed by atoms with Crippen LogP contribution in [0, 0.1) is 5.92 Å². The number of hydrogen-bond acceptors (Lipinski definition) is 6. The van der Waals surface area contributed by atoms with Crippen LogP contribution in [0.1, 0.15) is 52.4 Å². The Bertz CT molecular complexity index is 1720. The van der Waals surface area contributed by atoms with Crippen molar-refractivity contribution in [2.24, 2.45) is 18.7 Å². The summed E-state index contributed by atoms with van der Waals surface area (Å²) in [5.74, 6) is -4.64. The molecule has 0 unspecified atom stereocenters. The molecule has 0 bridgehead atoms. The maximum absolute atomic E-state index is 13.9. The Morgan fingerprint density at radius 2 is 1.75 bits per heavy atom. The van der Waals surface area contributed by atoms with Crippen LogP contribution in [0.3, 0.4) is 0 Å². The van der Waals surface area contributed by atoms with E-state index in [1.54, 1.807) is 9.80 Å². The quantitative estimate of drug-likeness (QED) is 0.316. The summed E-state index contributed by atoms with van der Waals surface area (Å²) in [6.45, 7) is 1.19. The Morgan fingerprint density at radius 1 is 1.08 bits per heavy atom. The van der Waals surface area contributed by atoms with Crippen molar-refractivity contribution in [1.29, 1.82) is 0 Å². The van der Waals surface area contributed by atoms with Crippen LogP contribution in [0.5, 0.6) is 0 Å². The number of carbonyl (C=O) groups is 3. The standard InChI is InChI=1S/C30H33ClF5N9O3/c1-42-23(21-15-45(41-24(21)30(34,35)36)14-16-11-29(32,33)12-16)13-38-25(42)26(46)39-18-2-3-20(22(31)10-18)27(47)43-4-6-44(7-5-43)28(48)40-19-8-17(37)9-19/h2-3,10,13,15-17,19H,4-9,11-12,14,37H2,1H3,(H,39,46)(H,40,48)/t17-,19+. The fourth-order valence-corrected chi connectivity index (χ4v) is 6.50. The van der Waals surface area contributed by atoms with Gasteiger partial charge in [-0.1, -0.05) is 11.6 Å². The molecule has 2 saturated carbocycles. The second-order valence-corrected chi connectivity index (χ2v) is 13.0. The van der Waals surface area contributed by atoms with Gasteiger partial charge in [-0.15, -0.1) is 0 Å². The highest BCUT2D eigenvalue weighted by Gasteiger charge is 2.46. The number of carbonyl (C=O) groups excluding carboxylic acids is 3. The Labute approximate surface area is 276 Å². The molecule has 18 heteroatoms. The van der Waals surface area contributed by atoms with Gasteiger partial charge in [0.15, 0.2) is 11.5 Å². The Morgan fingerprint density at radius 3 is 2.35 bits per heavy atom. The molecule has 0 radical (unpaired) electrons. The largest absolute Gasteiger partial charge is 0.435 e. The molecule has 2 aliphatic carbocycles. The zero-order valence-electron chi connectivity index (χ0n) is 25.7. The van der Waals surface area contributed by atoms with Crippen molar-refractivity contribution in [3.8, 4) is 11.3 Å². The molecule has 6 rings (SSSR count). The van der Waals surface area contributed by atoms with Gasteiger partial charge in [0.2, 0.25) is 5.92 Å². The van der Waals surface area contributed by atoms with Gasteiger partial charge < -0.3 is 30.7 Å². The van der Waals surface area contributed by atoms with Crippen LogP contribution in [0.4, 0.5) is 32.4 Å². The first kappa shape index (κ1) is 33.6. The van der Waals surface area contributed by atoms with E-state index < -0.39 is 42.5 Å². The van der Waals surface area contributed by atoms with E-state index in [1.165, 1.54) is 29.8 Å². The van der Waals surface area contributed by atoms with Crippen molar-refractivity contribution in [3.05, 3.63) is 52.7 Å². The Balaban J connectivity index is 1.09. The van der Waals surface area contributed by atoms with Crippen LogP contribution in [-0.2, 0) is 19.8 Å². The van der Waals surface area contributed by atoms with Gasteiger partial charge in [0.05, 0.1) is 28.0 Å². The Hall–Kier alpha value is -4.25. The van der Waals surface area contributed by atoms with Gasteiger partial charge in [0, 0.05) is 76.6 Å². The number of imidazole rings is 1. The summed E-state index contributed by atoms with van der Waals surface area (Å²) < 4.78 is 70.3. The van der Waals surface area contributed by atoms with Crippen molar-refractivity contribution in [2.75, 3.05) is 31.5 Å². The number of anilines is 1. The maximum Gasteiger partial charge on any atom is 0.435 e. The third-order valence-corrected chi connectivity index (χ3v) is 9.24. The second-order valence-electron chi connectivity index (χ2n) is 12.6. The van der Waals surface area contributed by atoms with E-state index in [1.807, 2.05) is 0 Å². The van der Waals surface area contributed by atoms with E-state index >= 15 is 0 Å². The Kier molecular flexibility index (Phi) is 8.87. The van der Waals surface area contributed by atoms with Crippen LogP contribution in [-0.4, -0.2) is 91.2 Å². The van der Waals surface area contributed by atoms with Crippen LogP contribution in [0.15, 0.2) is 30.6 Å². The number of piperazine rings is 1. The van der Waals surface area contributed by atoms with Gasteiger partial charge in [-0.25, -0.2) is 18.6 Å². The topological polar surface area (TPSA) is 143 Å². The normalized spacial score (nSPS) is 21.0. The van der Waals surface area contributed by atoms with Crippen LogP contribution < -0.4 is 16.4 Å². The number of rotatable bonds is 7. The highest BCUT2D eigenvalue weighted by Crippen LogP contribution is 2.44. The SMILES string of the molecule is Cn1c(-c2cn(CC3CC(F)(F)C3)nc2C(F)(F)F)cnc1C(=O)Nc1ccc(C(=O)N2CCN(C(=O)N[C@H]3C[C@@H](N)C3)CC2)c(Cl)c1. The van der Waals surface area contributed by atoms with Gasteiger partial charge in [-0.3, -0.25) is 14.3 Å². The highest BCUT2D eigenvalue weighted by atomic mass is 35.5. The lowest BCUT2D eigenvalue weighted by Gasteiger charge is -2.38. The fourth-order valence-electron chi connectivity index (χ4n) is 6.24. The summed E-state index contributed by atoms with van der Waals surface area (Å²) in [7, 11) is 1.36. The summed E-state index contributed by atoms with van der Waals surface area (Å²) in [6.07, 6.45) is -1.99. The number of urea groups is 1. The van der Waals surface area contributed by atoms with E-state index in [0.717, 1.165) is 29.9 Å². The molecule has 258 valence electrons. The summed E-state index contributed by atoms with van der Waals surface area (Å²) in [6, 6.07) is 4.28. The molecule has 0 spiro atoms. The number of alkyl halides is 5. The number of halogens is 6. The summed E-state index contributed by atoms with van der Waals surface area (Å²) in [5.41, 5.74) is 4.55. The number of nitrogens with one attached hydrogen (secondary N) is 2. The van der Waals surface area contributed by atoms with Crippen molar-refractivity contribution in [2.45, 2.75) is 56.4 Å². The van der Waals surface area contributed by atoms with Crippen molar-refractivity contribution >= 4 is 35.1 Å². The van der Waals surface area contributed by atoms with E-state index in [9.17, 15) is 36.3 Å². The molecule has 1 aliphatic heterocycles. The van der Waals surface area contributed by atoms with Gasteiger partial charge in [0.1, 0.15) is 0 Å². The molecule has 12 nitrogen and oxygen atoms in total. The average Bonchev–Trinajstić information content (AvgIpc) is 3.58. The van der Waals surface area contributed by atoms with Crippen LogP contribution >= 0.6 is 11.6 Å². The van der Waals surface area contributed by atoms with Crippen molar-refractivity contribution in [1.82, 2.24) is 34.4 Å². The van der Waals surface area contributed by atoms with E-state index in [2.05, 4.69) is 20.7 Å². The molecule has 3 aromatic rings. The molecule has 4 N–H and O–H groups in total. The predicted octanol–water partition coefficient (Wildman–Crippen LogP) is 4.21. The molecule has 2 aromatic heterocycles. The van der Waals surface area contributed by atoms with Gasteiger partial charge in [-0.05, 0) is 37.0 Å². The number of nitrogens with zero attached hydrogens (tertiary/aromatic N) is 6. The molecule has 3 aliphatic rings. The van der Waals surface area contributed by atoms with Gasteiger partial charge >= 0.3 is 12.2 Å². The predicted molar refractivity (Wildman–Crippen MR) is 164 cm³/mol. The van der Waals surface area contributed by atoms with Crippen molar-refractivity contribution < 1.29 is 36.3 Å². The lowest BCUT2D eigenvalue weighted by atomic mass is 9.81. The van der Waals surface area contributed by atoms with E-state index in [0.29, 0.717) is 26.2 Å².